The molecule has 0 aliphatic carbocycles. The number of nitrogens with one attached hydrogen (secondary N) is 1. The molecular weight excluding hydrogens is 382 g/mol. The van der Waals surface area contributed by atoms with Gasteiger partial charge in [-0.1, -0.05) is 18.2 Å². The number of ether oxygens (including phenoxy) is 1. The van der Waals surface area contributed by atoms with Crippen LogP contribution in [0.3, 0.4) is 0 Å². The highest BCUT2D eigenvalue weighted by atomic mass is 32.2. The Balaban J connectivity index is 1.71. The molecule has 27 heavy (non-hydrogen) atoms. The van der Waals surface area contributed by atoms with Crippen molar-refractivity contribution >= 4 is 27.5 Å². The molecule has 2 aromatic carbocycles. The molecule has 0 saturated heterocycles. The van der Waals surface area contributed by atoms with Gasteiger partial charge in [-0.05, 0) is 35.9 Å². The van der Waals surface area contributed by atoms with E-state index in [0.29, 0.717) is 9.87 Å². The number of hydrogen-bond donors (Lipinski definition) is 1. The SMILES string of the molecule is O=C(CN1C(=O)c2ccccc2CS1(=O)=O)Nc1ccc(OC(F)F)cc1. The standard InChI is InChI=1S/C17H14F2N2O5S/c18-17(19)26-13-7-5-12(6-8-13)20-15(22)9-21-16(23)14-4-2-1-3-11(14)10-27(21,24)25/h1-8,17H,9-10H2,(H,20,22). The Morgan fingerprint density at radius 3 is 2.48 bits per heavy atom. The van der Waals surface area contributed by atoms with Crippen LogP contribution in [0.5, 0.6) is 5.75 Å². The van der Waals surface area contributed by atoms with E-state index < -0.39 is 35.0 Å². The Kier molecular flexibility index (Phi) is 5.08. The van der Waals surface area contributed by atoms with Crippen LogP contribution in [0.15, 0.2) is 48.5 Å². The molecule has 0 unspecified atom stereocenters. The fourth-order valence-electron chi connectivity index (χ4n) is 2.61. The van der Waals surface area contributed by atoms with Crippen molar-refractivity contribution in [2.45, 2.75) is 12.4 Å². The minimum atomic E-state index is -3.97. The van der Waals surface area contributed by atoms with E-state index in [1.165, 1.54) is 30.3 Å². The zero-order valence-electron chi connectivity index (χ0n) is 13.8. The second-order valence-electron chi connectivity index (χ2n) is 5.68. The molecule has 1 heterocycles. The summed E-state index contributed by atoms with van der Waals surface area (Å²) in [6.45, 7) is -3.66. The second-order valence-corrected chi connectivity index (χ2v) is 7.57. The summed E-state index contributed by atoms with van der Waals surface area (Å²) in [6, 6.07) is 11.4. The number of benzene rings is 2. The molecule has 7 nitrogen and oxygen atoms in total. The van der Waals surface area contributed by atoms with Crippen molar-refractivity contribution in [3.8, 4) is 5.75 Å². The van der Waals surface area contributed by atoms with Crippen LogP contribution in [-0.2, 0) is 20.6 Å². The van der Waals surface area contributed by atoms with E-state index in [-0.39, 0.29) is 22.8 Å². The average molecular weight is 396 g/mol. The van der Waals surface area contributed by atoms with Crippen LogP contribution in [0.25, 0.3) is 0 Å². The lowest BCUT2D eigenvalue weighted by molar-refractivity contribution is -0.116. The molecule has 1 aliphatic heterocycles. The van der Waals surface area contributed by atoms with Crippen LogP contribution in [0.2, 0.25) is 0 Å². The van der Waals surface area contributed by atoms with Gasteiger partial charge in [-0.2, -0.15) is 8.78 Å². The lowest BCUT2D eigenvalue weighted by Crippen LogP contribution is -2.45. The summed E-state index contributed by atoms with van der Waals surface area (Å²) in [6.07, 6.45) is 0. The van der Waals surface area contributed by atoms with Crippen molar-refractivity contribution in [2.24, 2.45) is 0 Å². The van der Waals surface area contributed by atoms with E-state index in [1.54, 1.807) is 18.2 Å². The maximum Gasteiger partial charge on any atom is 0.387 e. The largest absolute Gasteiger partial charge is 0.435 e. The lowest BCUT2D eigenvalue weighted by atomic mass is 10.1. The van der Waals surface area contributed by atoms with Crippen LogP contribution >= 0.6 is 0 Å². The topological polar surface area (TPSA) is 92.8 Å². The van der Waals surface area contributed by atoms with Crippen molar-refractivity contribution in [1.82, 2.24) is 4.31 Å². The summed E-state index contributed by atoms with van der Waals surface area (Å²) in [5.74, 6) is -1.98. The first kappa shape index (κ1) is 18.8. The van der Waals surface area contributed by atoms with Gasteiger partial charge in [0.15, 0.2) is 0 Å². The van der Waals surface area contributed by atoms with Crippen LogP contribution in [0.4, 0.5) is 14.5 Å². The van der Waals surface area contributed by atoms with Crippen LogP contribution < -0.4 is 10.1 Å². The summed E-state index contributed by atoms with van der Waals surface area (Å²) >= 11 is 0. The minimum absolute atomic E-state index is 0.0895. The molecule has 2 amide bonds. The number of nitrogens with zero attached hydrogens (tertiary/aromatic N) is 1. The van der Waals surface area contributed by atoms with E-state index in [1.807, 2.05) is 0 Å². The van der Waals surface area contributed by atoms with Crippen molar-refractivity contribution in [3.63, 3.8) is 0 Å². The van der Waals surface area contributed by atoms with Gasteiger partial charge in [-0.25, -0.2) is 12.7 Å². The first-order valence-corrected chi connectivity index (χ1v) is 9.34. The number of hydrogen-bond acceptors (Lipinski definition) is 5. The number of alkyl halides is 2. The number of amides is 2. The van der Waals surface area contributed by atoms with Gasteiger partial charge in [0, 0.05) is 11.3 Å². The van der Waals surface area contributed by atoms with Crippen LogP contribution in [-0.4, -0.2) is 37.7 Å². The van der Waals surface area contributed by atoms with Crippen molar-refractivity contribution in [1.29, 1.82) is 0 Å². The molecular formula is C17H14F2N2O5S. The van der Waals surface area contributed by atoms with E-state index in [2.05, 4.69) is 10.1 Å². The van der Waals surface area contributed by atoms with Gasteiger partial charge in [0.2, 0.25) is 15.9 Å². The summed E-state index contributed by atoms with van der Waals surface area (Å²) in [7, 11) is -3.97. The maximum absolute atomic E-state index is 12.4. The number of carbonyl (C=O) groups is 2. The molecule has 0 radical (unpaired) electrons. The first-order valence-electron chi connectivity index (χ1n) is 7.73. The van der Waals surface area contributed by atoms with Gasteiger partial charge in [-0.15, -0.1) is 0 Å². The van der Waals surface area contributed by atoms with Gasteiger partial charge in [0.25, 0.3) is 5.91 Å². The molecule has 142 valence electrons. The highest BCUT2D eigenvalue weighted by molar-refractivity contribution is 7.89. The summed E-state index contributed by atoms with van der Waals surface area (Å²) in [5, 5.41) is 2.41. The zero-order valence-corrected chi connectivity index (χ0v) is 14.6. The van der Waals surface area contributed by atoms with Gasteiger partial charge in [0.05, 0.1) is 5.75 Å². The maximum atomic E-state index is 12.4. The third-order valence-electron chi connectivity index (χ3n) is 3.80. The molecule has 0 atom stereocenters. The molecule has 2 aromatic rings. The van der Waals surface area contributed by atoms with Gasteiger partial charge < -0.3 is 10.1 Å². The number of anilines is 1. The van der Waals surface area contributed by atoms with Crippen LogP contribution in [0, 0.1) is 0 Å². The average Bonchev–Trinajstić information content (AvgIpc) is 2.59. The van der Waals surface area contributed by atoms with Crippen molar-refractivity contribution in [3.05, 3.63) is 59.7 Å². The lowest BCUT2D eigenvalue weighted by Gasteiger charge is -2.27. The summed E-state index contributed by atoms with van der Waals surface area (Å²) in [5.41, 5.74) is 0.853. The summed E-state index contributed by atoms with van der Waals surface area (Å²) < 4.78 is 53.6. The molecule has 10 heteroatoms. The van der Waals surface area contributed by atoms with E-state index >= 15 is 0 Å². The van der Waals surface area contributed by atoms with E-state index in [0.717, 1.165) is 0 Å². The molecule has 1 aliphatic rings. The van der Waals surface area contributed by atoms with Crippen LogP contribution in [0.1, 0.15) is 15.9 Å². The third kappa shape index (κ3) is 4.22. The summed E-state index contributed by atoms with van der Waals surface area (Å²) in [4.78, 5) is 24.6. The van der Waals surface area contributed by atoms with Gasteiger partial charge in [-0.3, -0.25) is 9.59 Å². The number of rotatable bonds is 5. The molecule has 0 spiro atoms. The minimum Gasteiger partial charge on any atom is -0.435 e. The zero-order chi connectivity index (χ0) is 19.6. The number of fused-ring (bicyclic) bond motifs is 1. The Bertz CT molecular complexity index is 977. The van der Waals surface area contributed by atoms with Crippen molar-refractivity contribution < 1.29 is 31.5 Å². The molecule has 0 saturated carbocycles. The van der Waals surface area contributed by atoms with Gasteiger partial charge in [0.1, 0.15) is 12.3 Å². The number of sulfonamides is 1. The van der Waals surface area contributed by atoms with Crippen molar-refractivity contribution in [2.75, 3.05) is 11.9 Å². The predicted molar refractivity (Wildman–Crippen MR) is 91.8 cm³/mol. The quantitative estimate of drug-likeness (QED) is 0.837. The normalized spacial score (nSPS) is 15.4. The molecule has 3 rings (SSSR count). The predicted octanol–water partition coefficient (Wildman–Crippen LogP) is 2.21. The Hall–Kier alpha value is -3.01. The fourth-order valence-corrected chi connectivity index (χ4v) is 4.08. The second kappa shape index (κ2) is 7.31. The third-order valence-corrected chi connectivity index (χ3v) is 5.44. The molecule has 0 fully saturated rings. The monoisotopic (exact) mass is 396 g/mol. The Morgan fingerprint density at radius 2 is 1.81 bits per heavy atom. The first-order chi connectivity index (χ1) is 12.8. The highest BCUT2D eigenvalue weighted by Gasteiger charge is 2.36. The molecule has 1 N–H and O–H groups in total. The van der Waals surface area contributed by atoms with E-state index in [9.17, 15) is 26.8 Å². The Morgan fingerprint density at radius 1 is 1.15 bits per heavy atom. The highest BCUT2D eigenvalue weighted by Crippen LogP contribution is 2.24. The molecule has 0 aromatic heterocycles. The smallest absolute Gasteiger partial charge is 0.387 e. The fraction of sp³-hybridized carbons (Fsp3) is 0.176. The van der Waals surface area contributed by atoms with Gasteiger partial charge >= 0.3 is 6.61 Å². The number of halogens is 2. The molecule has 0 bridgehead atoms. The Labute approximate surface area is 153 Å². The van der Waals surface area contributed by atoms with E-state index in [4.69, 9.17) is 0 Å². The number of carbonyl (C=O) groups excluding carboxylic acids is 2.